The third-order valence-electron chi connectivity index (χ3n) is 2.51. The molecule has 0 saturated carbocycles. The largest absolute Gasteiger partial charge is 0.481 e. The molecular weight excluding hydrogens is 312 g/mol. The van der Waals surface area contributed by atoms with Gasteiger partial charge < -0.3 is 14.6 Å². The maximum atomic E-state index is 11.7. The summed E-state index contributed by atoms with van der Waals surface area (Å²) in [5.74, 6) is -1.09. The Bertz CT molecular complexity index is 527. The van der Waals surface area contributed by atoms with E-state index in [1.165, 1.54) is 0 Å². The molecule has 1 aromatic carbocycles. The molecule has 0 atom stereocenters. The second kappa shape index (κ2) is 10.3. The number of carboxylic acid groups (broad SMARTS) is 1. The predicted molar refractivity (Wildman–Crippen MR) is 78.9 cm³/mol. The number of ether oxygens (including phenoxy) is 2. The molecule has 0 amide bonds. The fourth-order valence-electron chi connectivity index (χ4n) is 1.52. The Hall–Kier alpha value is -1.48. The number of hydrogen-bond acceptors (Lipinski definition) is 6. The average molecular weight is 332 g/mol. The van der Waals surface area contributed by atoms with Gasteiger partial charge in [0.1, 0.15) is 5.75 Å². The van der Waals surface area contributed by atoms with E-state index in [4.69, 9.17) is 18.8 Å². The summed E-state index contributed by atoms with van der Waals surface area (Å²) in [4.78, 5) is 10.2. The predicted octanol–water partition coefficient (Wildman–Crippen LogP) is 1.04. The van der Waals surface area contributed by atoms with Gasteiger partial charge in [-0.1, -0.05) is 30.3 Å². The molecule has 1 N–H and O–H groups in total. The number of carbonyl (C=O) groups is 1. The Morgan fingerprint density at radius 3 is 2.18 bits per heavy atom. The summed E-state index contributed by atoms with van der Waals surface area (Å²) < 4.78 is 38.3. The van der Waals surface area contributed by atoms with Gasteiger partial charge >= 0.3 is 5.97 Å². The number of benzene rings is 1. The average Bonchev–Trinajstić information content (AvgIpc) is 2.45. The number of rotatable bonds is 12. The van der Waals surface area contributed by atoms with Gasteiger partial charge in [-0.05, 0) is 5.56 Å². The molecule has 0 heterocycles. The smallest absolute Gasteiger partial charge is 0.305 e. The first kappa shape index (κ1) is 18.6. The maximum absolute atomic E-state index is 11.7. The van der Waals surface area contributed by atoms with E-state index in [2.05, 4.69) is 0 Å². The van der Waals surface area contributed by atoms with Gasteiger partial charge in [-0.2, -0.15) is 8.42 Å². The molecule has 124 valence electrons. The van der Waals surface area contributed by atoms with E-state index >= 15 is 0 Å². The summed E-state index contributed by atoms with van der Waals surface area (Å²) in [5.41, 5.74) is 0.662. The SMILES string of the molecule is O=C(O)CCOCCOCCOS(=O)(=O)Cc1ccccc1. The highest BCUT2D eigenvalue weighted by molar-refractivity contribution is 7.85. The molecule has 0 saturated heterocycles. The molecule has 1 rings (SSSR count). The van der Waals surface area contributed by atoms with Crippen LogP contribution in [-0.4, -0.2) is 52.5 Å². The van der Waals surface area contributed by atoms with Crippen molar-refractivity contribution in [2.75, 3.05) is 33.0 Å². The number of hydrogen-bond donors (Lipinski definition) is 1. The van der Waals surface area contributed by atoms with E-state index in [9.17, 15) is 13.2 Å². The first-order valence-electron chi connectivity index (χ1n) is 6.78. The van der Waals surface area contributed by atoms with Gasteiger partial charge in [0.05, 0.1) is 39.5 Å². The van der Waals surface area contributed by atoms with E-state index < -0.39 is 16.1 Å². The second-order valence-electron chi connectivity index (χ2n) is 4.38. The maximum Gasteiger partial charge on any atom is 0.305 e. The standard InChI is InChI=1S/C14H20O7S/c15-14(16)6-7-19-8-9-20-10-11-21-22(17,18)12-13-4-2-1-3-5-13/h1-5H,6-12H2,(H,15,16). The van der Waals surface area contributed by atoms with Crippen LogP contribution < -0.4 is 0 Å². The fourth-order valence-corrected chi connectivity index (χ4v) is 2.53. The molecule has 8 heteroatoms. The van der Waals surface area contributed by atoms with Crippen molar-refractivity contribution in [3.63, 3.8) is 0 Å². The Morgan fingerprint density at radius 1 is 0.955 bits per heavy atom. The van der Waals surface area contributed by atoms with Gasteiger partial charge in [-0.3, -0.25) is 8.98 Å². The first-order chi connectivity index (χ1) is 10.5. The molecule has 0 bridgehead atoms. The van der Waals surface area contributed by atoms with Gasteiger partial charge in [0.15, 0.2) is 0 Å². The van der Waals surface area contributed by atoms with Crippen LogP contribution in [0.5, 0.6) is 0 Å². The van der Waals surface area contributed by atoms with Gasteiger partial charge in [0, 0.05) is 0 Å². The Labute approximate surface area is 129 Å². The lowest BCUT2D eigenvalue weighted by Crippen LogP contribution is -2.15. The molecule has 0 unspecified atom stereocenters. The third-order valence-corrected chi connectivity index (χ3v) is 3.72. The van der Waals surface area contributed by atoms with Crippen molar-refractivity contribution in [3.05, 3.63) is 35.9 Å². The quantitative estimate of drug-likeness (QED) is 0.451. The minimum absolute atomic E-state index is 0.0547. The highest BCUT2D eigenvalue weighted by Gasteiger charge is 2.11. The lowest BCUT2D eigenvalue weighted by atomic mass is 10.2. The molecule has 0 aliphatic rings. The van der Waals surface area contributed by atoms with Crippen LogP contribution in [0, 0.1) is 0 Å². The summed E-state index contributed by atoms with van der Waals surface area (Å²) in [6.07, 6.45) is -0.0547. The van der Waals surface area contributed by atoms with Gasteiger partial charge in [0.2, 0.25) is 0 Å². The second-order valence-corrected chi connectivity index (χ2v) is 6.02. The van der Waals surface area contributed by atoms with Crippen molar-refractivity contribution in [1.29, 1.82) is 0 Å². The van der Waals surface area contributed by atoms with Crippen molar-refractivity contribution >= 4 is 16.1 Å². The topological polar surface area (TPSA) is 99.1 Å². The molecule has 0 aliphatic carbocycles. The van der Waals surface area contributed by atoms with E-state index in [0.29, 0.717) is 5.56 Å². The van der Waals surface area contributed by atoms with Crippen molar-refractivity contribution in [2.24, 2.45) is 0 Å². The van der Waals surface area contributed by atoms with Crippen LogP contribution in [0.3, 0.4) is 0 Å². The van der Waals surface area contributed by atoms with Crippen LogP contribution in [0.1, 0.15) is 12.0 Å². The van der Waals surface area contributed by atoms with E-state index in [-0.39, 0.29) is 45.2 Å². The molecule has 7 nitrogen and oxygen atoms in total. The normalized spacial score (nSPS) is 11.5. The van der Waals surface area contributed by atoms with Crippen LogP contribution in [0.4, 0.5) is 0 Å². The highest BCUT2D eigenvalue weighted by atomic mass is 32.2. The summed E-state index contributed by atoms with van der Waals surface area (Å²) in [6, 6.07) is 8.76. The van der Waals surface area contributed by atoms with E-state index in [1.807, 2.05) is 6.07 Å². The van der Waals surface area contributed by atoms with Crippen LogP contribution in [0.25, 0.3) is 0 Å². The monoisotopic (exact) mass is 332 g/mol. The van der Waals surface area contributed by atoms with Crippen LogP contribution >= 0.6 is 0 Å². The Balaban J connectivity index is 2.05. The molecule has 0 aromatic heterocycles. The summed E-state index contributed by atoms with van der Waals surface area (Å²) in [7, 11) is -3.62. The van der Waals surface area contributed by atoms with Crippen molar-refractivity contribution < 1.29 is 32.0 Å². The van der Waals surface area contributed by atoms with Gasteiger partial charge in [0.25, 0.3) is 10.1 Å². The van der Waals surface area contributed by atoms with Crippen LogP contribution in [0.15, 0.2) is 30.3 Å². The number of carboxylic acids is 1. The molecule has 0 radical (unpaired) electrons. The van der Waals surface area contributed by atoms with E-state index in [0.717, 1.165) is 0 Å². The molecule has 0 aliphatic heterocycles. The molecule has 1 aromatic rings. The summed E-state index contributed by atoms with van der Waals surface area (Å²) >= 11 is 0. The molecular formula is C14H20O7S. The zero-order valence-corrected chi connectivity index (χ0v) is 13.0. The van der Waals surface area contributed by atoms with Crippen molar-refractivity contribution in [3.8, 4) is 0 Å². The van der Waals surface area contributed by atoms with Crippen molar-refractivity contribution in [2.45, 2.75) is 12.2 Å². The third kappa shape index (κ3) is 9.46. The molecule has 0 spiro atoms. The van der Waals surface area contributed by atoms with Gasteiger partial charge in [-0.25, -0.2) is 0 Å². The number of aliphatic carboxylic acids is 1. The fraction of sp³-hybridized carbons (Fsp3) is 0.500. The Kier molecular flexibility index (Phi) is 8.68. The van der Waals surface area contributed by atoms with Gasteiger partial charge in [-0.15, -0.1) is 0 Å². The van der Waals surface area contributed by atoms with Crippen molar-refractivity contribution in [1.82, 2.24) is 0 Å². The zero-order chi connectivity index (χ0) is 16.3. The zero-order valence-electron chi connectivity index (χ0n) is 12.1. The minimum atomic E-state index is -3.62. The Morgan fingerprint density at radius 2 is 1.55 bits per heavy atom. The van der Waals surface area contributed by atoms with Crippen LogP contribution in [-0.2, 0) is 34.3 Å². The molecule has 22 heavy (non-hydrogen) atoms. The first-order valence-corrected chi connectivity index (χ1v) is 8.35. The molecule has 0 fully saturated rings. The minimum Gasteiger partial charge on any atom is -0.481 e. The van der Waals surface area contributed by atoms with Crippen LogP contribution in [0.2, 0.25) is 0 Å². The highest BCUT2D eigenvalue weighted by Crippen LogP contribution is 2.06. The summed E-state index contributed by atoms with van der Waals surface area (Å²) in [6.45, 7) is 0.688. The lowest BCUT2D eigenvalue weighted by Gasteiger charge is -2.07. The summed E-state index contributed by atoms with van der Waals surface area (Å²) in [5, 5.41) is 8.38. The van der Waals surface area contributed by atoms with E-state index in [1.54, 1.807) is 24.3 Å². The lowest BCUT2D eigenvalue weighted by molar-refractivity contribution is -0.138.